The van der Waals surface area contributed by atoms with E-state index in [2.05, 4.69) is 15.1 Å². The van der Waals surface area contributed by atoms with Gasteiger partial charge in [-0.2, -0.15) is 10.1 Å². The maximum Gasteiger partial charge on any atom is 0.252 e. The minimum absolute atomic E-state index is 0.146. The first kappa shape index (κ1) is 7.02. The van der Waals surface area contributed by atoms with E-state index in [1.807, 2.05) is 6.92 Å². The second kappa shape index (κ2) is 2.17. The molecule has 0 saturated heterocycles. The zero-order chi connectivity index (χ0) is 8.72. The molecule has 0 aromatic carbocycles. The van der Waals surface area contributed by atoms with Gasteiger partial charge in [-0.3, -0.25) is 9.78 Å². The quantitative estimate of drug-likeness (QED) is 0.597. The topological polar surface area (TPSA) is 63.0 Å². The first-order valence-corrected chi connectivity index (χ1v) is 3.60. The summed E-state index contributed by atoms with van der Waals surface area (Å²) in [5.74, 6) is 1.15. The van der Waals surface area contributed by atoms with Crippen molar-refractivity contribution in [3.05, 3.63) is 27.9 Å². The Balaban J connectivity index is 2.97. The van der Waals surface area contributed by atoms with Crippen LogP contribution in [0.15, 0.2) is 10.9 Å². The van der Waals surface area contributed by atoms with E-state index in [-0.39, 0.29) is 5.56 Å². The normalized spacial score (nSPS) is 10.8. The monoisotopic (exact) mass is 164 g/mol. The molecule has 0 unspecified atom stereocenters. The van der Waals surface area contributed by atoms with Crippen LogP contribution in [0.3, 0.4) is 0 Å². The van der Waals surface area contributed by atoms with Crippen molar-refractivity contribution in [1.29, 1.82) is 0 Å². The number of H-pyrrole nitrogens is 1. The molecule has 0 amide bonds. The molecular weight excluding hydrogens is 156 g/mol. The van der Waals surface area contributed by atoms with Crippen molar-refractivity contribution in [2.45, 2.75) is 13.8 Å². The van der Waals surface area contributed by atoms with Gasteiger partial charge in [0.15, 0.2) is 0 Å². The highest BCUT2D eigenvalue weighted by Crippen LogP contribution is 1.97. The molecule has 0 fully saturated rings. The number of fused-ring (bicyclic) bond motifs is 1. The maximum absolute atomic E-state index is 11.0. The third-order valence-corrected chi connectivity index (χ3v) is 1.62. The molecule has 2 heterocycles. The summed E-state index contributed by atoms with van der Waals surface area (Å²) in [7, 11) is 0. The van der Waals surface area contributed by atoms with Crippen LogP contribution in [0.1, 0.15) is 11.5 Å². The smallest absolute Gasteiger partial charge is 0.252 e. The highest BCUT2D eigenvalue weighted by atomic mass is 16.1. The highest BCUT2D eigenvalue weighted by molar-refractivity contribution is 5.27. The molecule has 0 aliphatic heterocycles. The minimum Gasteiger partial charge on any atom is -0.291 e. The van der Waals surface area contributed by atoms with Crippen molar-refractivity contribution < 1.29 is 0 Å². The van der Waals surface area contributed by atoms with Crippen LogP contribution < -0.4 is 5.56 Å². The lowest BCUT2D eigenvalue weighted by Crippen LogP contribution is -2.09. The van der Waals surface area contributed by atoms with Gasteiger partial charge in [0, 0.05) is 11.8 Å². The van der Waals surface area contributed by atoms with Gasteiger partial charge in [-0.1, -0.05) is 0 Å². The molecule has 1 N–H and O–H groups in total. The summed E-state index contributed by atoms with van der Waals surface area (Å²) in [6, 6.07) is 1.49. The number of aromatic nitrogens is 4. The average Bonchev–Trinajstić information content (AvgIpc) is 2.29. The largest absolute Gasteiger partial charge is 0.291 e. The minimum atomic E-state index is -0.146. The summed E-state index contributed by atoms with van der Waals surface area (Å²) >= 11 is 0. The molecule has 2 rings (SSSR count). The Morgan fingerprint density at radius 3 is 3.00 bits per heavy atom. The van der Waals surface area contributed by atoms with E-state index in [1.165, 1.54) is 6.07 Å². The fraction of sp³-hybridized carbons (Fsp3) is 0.286. The molecule has 5 nitrogen and oxygen atoms in total. The van der Waals surface area contributed by atoms with Gasteiger partial charge in [-0.05, 0) is 13.8 Å². The van der Waals surface area contributed by atoms with Crippen LogP contribution in [-0.2, 0) is 0 Å². The van der Waals surface area contributed by atoms with Crippen LogP contribution in [0.5, 0.6) is 0 Å². The van der Waals surface area contributed by atoms with E-state index in [0.29, 0.717) is 11.6 Å². The van der Waals surface area contributed by atoms with Gasteiger partial charge in [0.25, 0.3) is 5.56 Å². The lowest BCUT2D eigenvalue weighted by Gasteiger charge is -1.93. The molecule has 0 aliphatic rings. The summed E-state index contributed by atoms with van der Waals surface area (Å²) < 4.78 is 1.61. The first-order chi connectivity index (χ1) is 5.66. The Bertz CT molecular complexity index is 482. The van der Waals surface area contributed by atoms with Gasteiger partial charge >= 0.3 is 0 Å². The molecule has 0 radical (unpaired) electrons. The summed E-state index contributed by atoms with van der Waals surface area (Å²) in [5.41, 5.74) is 0.641. The van der Waals surface area contributed by atoms with E-state index in [0.717, 1.165) is 5.69 Å². The molecule has 5 heteroatoms. The molecule has 12 heavy (non-hydrogen) atoms. The molecule has 0 atom stereocenters. The third kappa shape index (κ3) is 0.903. The van der Waals surface area contributed by atoms with Gasteiger partial charge in [-0.15, -0.1) is 0 Å². The van der Waals surface area contributed by atoms with Crippen molar-refractivity contribution in [3.8, 4) is 0 Å². The standard InChI is InChI=1S/C7H8N4O/c1-4-3-6(12)9-7-8-5(2)10-11(4)7/h3H,1-2H3,(H,8,9,10,12). The van der Waals surface area contributed by atoms with Crippen LogP contribution in [0, 0.1) is 13.8 Å². The van der Waals surface area contributed by atoms with Crippen molar-refractivity contribution >= 4 is 5.78 Å². The number of aryl methyl sites for hydroxylation is 2. The van der Waals surface area contributed by atoms with Gasteiger partial charge in [-0.25, -0.2) is 4.52 Å². The van der Waals surface area contributed by atoms with Gasteiger partial charge in [0.1, 0.15) is 5.82 Å². The van der Waals surface area contributed by atoms with Crippen molar-refractivity contribution in [2.24, 2.45) is 0 Å². The van der Waals surface area contributed by atoms with Crippen LogP contribution in [0.2, 0.25) is 0 Å². The number of hydrogen-bond donors (Lipinski definition) is 1. The fourth-order valence-electron chi connectivity index (χ4n) is 1.14. The molecule has 62 valence electrons. The van der Waals surface area contributed by atoms with Crippen LogP contribution >= 0.6 is 0 Å². The fourth-order valence-corrected chi connectivity index (χ4v) is 1.14. The molecule has 0 saturated carbocycles. The second-order valence-electron chi connectivity index (χ2n) is 2.67. The molecule has 0 bridgehead atoms. The average molecular weight is 164 g/mol. The number of nitrogens with one attached hydrogen (secondary N) is 1. The van der Waals surface area contributed by atoms with Crippen LogP contribution in [-0.4, -0.2) is 19.6 Å². The molecule has 2 aromatic rings. The molecule has 0 aliphatic carbocycles. The first-order valence-electron chi connectivity index (χ1n) is 3.60. The SMILES string of the molecule is Cc1nc2[nH]c(=O)cc(C)n2n1. The number of aromatic amines is 1. The van der Waals surface area contributed by atoms with Crippen molar-refractivity contribution in [3.63, 3.8) is 0 Å². The summed E-state index contributed by atoms with van der Waals surface area (Å²) in [5, 5.41) is 4.09. The number of nitrogens with zero attached hydrogens (tertiary/aromatic N) is 3. The Morgan fingerprint density at radius 2 is 2.25 bits per heavy atom. The van der Waals surface area contributed by atoms with E-state index in [9.17, 15) is 4.79 Å². The highest BCUT2D eigenvalue weighted by Gasteiger charge is 2.01. The Labute approximate surface area is 68.1 Å². The zero-order valence-electron chi connectivity index (χ0n) is 6.83. The van der Waals surface area contributed by atoms with Gasteiger partial charge in [0.2, 0.25) is 5.78 Å². The van der Waals surface area contributed by atoms with Gasteiger partial charge < -0.3 is 0 Å². The van der Waals surface area contributed by atoms with Crippen LogP contribution in [0.25, 0.3) is 5.78 Å². The predicted octanol–water partition coefficient (Wildman–Crippen LogP) is 0.0344. The summed E-state index contributed by atoms with van der Waals surface area (Å²) in [6.45, 7) is 3.60. The Morgan fingerprint density at radius 1 is 1.50 bits per heavy atom. The van der Waals surface area contributed by atoms with Gasteiger partial charge in [0.05, 0.1) is 0 Å². The Hall–Kier alpha value is -1.65. The lowest BCUT2D eigenvalue weighted by atomic mass is 10.4. The lowest BCUT2D eigenvalue weighted by molar-refractivity contribution is 0.870. The van der Waals surface area contributed by atoms with Crippen molar-refractivity contribution in [1.82, 2.24) is 19.6 Å². The number of rotatable bonds is 0. The van der Waals surface area contributed by atoms with Crippen molar-refractivity contribution in [2.75, 3.05) is 0 Å². The molecular formula is C7H8N4O. The summed E-state index contributed by atoms with van der Waals surface area (Å²) in [4.78, 5) is 17.6. The zero-order valence-corrected chi connectivity index (χ0v) is 6.83. The second-order valence-corrected chi connectivity index (χ2v) is 2.67. The van der Waals surface area contributed by atoms with Crippen LogP contribution in [0.4, 0.5) is 0 Å². The number of hydrogen-bond acceptors (Lipinski definition) is 3. The van der Waals surface area contributed by atoms with E-state index in [1.54, 1.807) is 11.4 Å². The van der Waals surface area contributed by atoms with E-state index in [4.69, 9.17) is 0 Å². The molecule has 2 aromatic heterocycles. The Kier molecular flexibility index (Phi) is 1.27. The van der Waals surface area contributed by atoms with E-state index >= 15 is 0 Å². The van der Waals surface area contributed by atoms with E-state index < -0.39 is 0 Å². The third-order valence-electron chi connectivity index (χ3n) is 1.62. The predicted molar refractivity (Wildman–Crippen MR) is 43.1 cm³/mol. The molecule has 0 spiro atoms. The maximum atomic E-state index is 11.0. The summed E-state index contributed by atoms with van der Waals surface area (Å²) in [6.07, 6.45) is 0.